The number of nitrogens with zero attached hydrogens (tertiary/aromatic N) is 1. The fourth-order valence-electron chi connectivity index (χ4n) is 1.55. The number of aryl methyl sites for hydroxylation is 1. The van der Waals surface area contributed by atoms with Crippen LogP contribution in [0.15, 0.2) is 12.3 Å². The second kappa shape index (κ2) is 6.42. The molecule has 1 aromatic heterocycles. The van der Waals surface area contributed by atoms with Crippen LogP contribution in [-0.2, 0) is 11.3 Å². The molecule has 0 saturated carbocycles. The van der Waals surface area contributed by atoms with E-state index in [0.29, 0.717) is 17.3 Å². The van der Waals surface area contributed by atoms with E-state index in [4.69, 9.17) is 21.8 Å². The molecular weight excluding hydrogens is 260 g/mol. The number of hydrogen-bond donors (Lipinski definition) is 3. The number of carboxylic acids is 1. The number of nitrogens with one attached hydrogen (secondary N) is 1. The number of rotatable bonds is 6. The Morgan fingerprint density at radius 2 is 2.22 bits per heavy atom. The number of hydrogen-bond acceptors (Lipinski definition) is 3. The van der Waals surface area contributed by atoms with E-state index < -0.39 is 17.9 Å². The van der Waals surface area contributed by atoms with Crippen LogP contribution >= 0.6 is 11.6 Å². The van der Waals surface area contributed by atoms with Crippen molar-refractivity contribution in [3.8, 4) is 0 Å². The van der Waals surface area contributed by atoms with Gasteiger partial charge in [0.2, 0.25) is 0 Å². The summed E-state index contributed by atoms with van der Waals surface area (Å²) in [4.78, 5) is 22.7. The first-order valence-corrected chi connectivity index (χ1v) is 5.87. The summed E-state index contributed by atoms with van der Waals surface area (Å²) in [6.45, 7) is 2.08. The van der Waals surface area contributed by atoms with Crippen molar-refractivity contribution >= 4 is 23.5 Å². The van der Waals surface area contributed by atoms with Crippen molar-refractivity contribution in [2.45, 2.75) is 25.9 Å². The van der Waals surface area contributed by atoms with Gasteiger partial charge in [-0.25, -0.2) is 4.79 Å². The van der Waals surface area contributed by atoms with Gasteiger partial charge in [0.25, 0.3) is 5.91 Å². The molecule has 1 aromatic rings. The molecule has 0 saturated heterocycles. The molecular formula is C11H15ClN2O4. The molecule has 0 spiro atoms. The van der Waals surface area contributed by atoms with Crippen molar-refractivity contribution in [2.75, 3.05) is 6.61 Å². The second-order valence-electron chi connectivity index (χ2n) is 3.71. The van der Waals surface area contributed by atoms with Crippen LogP contribution in [-0.4, -0.2) is 39.3 Å². The van der Waals surface area contributed by atoms with Gasteiger partial charge in [0.1, 0.15) is 11.7 Å². The van der Waals surface area contributed by atoms with E-state index in [1.807, 2.05) is 6.92 Å². The number of carbonyl (C=O) groups excluding carboxylic acids is 1. The molecule has 1 heterocycles. The lowest BCUT2D eigenvalue weighted by molar-refractivity contribution is -0.139. The molecule has 1 amide bonds. The zero-order chi connectivity index (χ0) is 13.7. The van der Waals surface area contributed by atoms with Gasteiger partial charge in [0, 0.05) is 25.8 Å². The Kier molecular flexibility index (Phi) is 5.18. The van der Waals surface area contributed by atoms with Crippen LogP contribution in [0.4, 0.5) is 0 Å². The van der Waals surface area contributed by atoms with E-state index in [2.05, 4.69) is 5.32 Å². The fourth-order valence-corrected chi connectivity index (χ4v) is 1.77. The third-order valence-electron chi connectivity index (χ3n) is 2.46. The van der Waals surface area contributed by atoms with Crippen LogP contribution < -0.4 is 5.32 Å². The van der Waals surface area contributed by atoms with E-state index >= 15 is 0 Å². The largest absolute Gasteiger partial charge is 0.480 e. The van der Waals surface area contributed by atoms with Crippen LogP contribution in [0.25, 0.3) is 0 Å². The smallest absolute Gasteiger partial charge is 0.326 e. The summed E-state index contributed by atoms with van der Waals surface area (Å²) in [5.41, 5.74) is 0.298. The summed E-state index contributed by atoms with van der Waals surface area (Å²) in [7, 11) is 0. The predicted molar refractivity (Wildman–Crippen MR) is 65.7 cm³/mol. The molecule has 0 aliphatic heterocycles. The quantitative estimate of drug-likeness (QED) is 0.713. The van der Waals surface area contributed by atoms with Gasteiger partial charge in [-0.2, -0.15) is 0 Å². The van der Waals surface area contributed by atoms with Crippen molar-refractivity contribution in [2.24, 2.45) is 0 Å². The van der Waals surface area contributed by atoms with Gasteiger partial charge in [-0.15, -0.1) is 0 Å². The van der Waals surface area contributed by atoms with Crippen LogP contribution in [0.2, 0.25) is 5.02 Å². The topological polar surface area (TPSA) is 91.6 Å². The molecule has 18 heavy (non-hydrogen) atoms. The Morgan fingerprint density at radius 1 is 1.56 bits per heavy atom. The fraction of sp³-hybridized carbons (Fsp3) is 0.455. The minimum absolute atomic E-state index is 0.0400. The molecule has 0 aliphatic carbocycles. The summed E-state index contributed by atoms with van der Waals surface area (Å²) >= 11 is 5.79. The van der Waals surface area contributed by atoms with Gasteiger partial charge in [-0.3, -0.25) is 4.79 Å². The predicted octanol–water partition coefficient (Wildman–Crippen LogP) is 0.727. The zero-order valence-corrected chi connectivity index (χ0v) is 10.6. The van der Waals surface area contributed by atoms with Crippen molar-refractivity contribution in [3.05, 3.63) is 23.0 Å². The van der Waals surface area contributed by atoms with Crippen molar-refractivity contribution < 1.29 is 19.8 Å². The van der Waals surface area contributed by atoms with E-state index in [9.17, 15) is 9.59 Å². The molecule has 100 valence electrons. The number of aromatic nitrogens is 1. The van der Waals surface area contributed by atoms with Gasteiger partial charge in [0.15, 0.2) is 0 Å². The van der Waals surface area contributed by atoms with Gasteiger partial charge < -0.3 is 20.1 Å². The van der Waals surface area contributed by atoms with Crippen molar-refractivity contribution in [1.82, 2.24) is 9.88 Å². The number of aliphatic hydroxyl groups excluding tert-OH is 1. The lowest BCUT2D eigenvalue weighted by Gasteiger charge is -2.13. The lowest BCUT2D eigenvalue weighted by Crippen LogP contribution is -2.42. The molecule has 0 unspecified atom stereocenters. The Labute approximate surface area is 109 Å². The molecule has 6 nitrogen and oxygen atoms in total. The first-order valence-electron chi connectivity index (χ1n) is 5.49. The van der Waals surface area contributed by atoms with E-state index in [0.717, 1.165) is 0 Å². The van der Waals surface area contributed by atoms with E-state index in [-0.39, 0.29) is 13.0 Å². The van der Waals surface area contributed by atoms with Gasteiger partial charge in [-0.05, 0) is 13.0 Å². The van der Waals surface area contributed by atoms with Crippen LogP contribution in [0.1, 0.15) is 23.8 Å². The Bertz CT molecular complexity index is 444. The standard InChI is InChI=1S/C11H15ClN2O4/c1-2-14-6-7(12)5-9(14)10(16)13-8(3-4-15)11(17)18/h5-6,8,15H,2-4H2,1H3,(H,13,16)(H,17,18)/t8-/m1/s1. The molecule has 0 radical (unpaired) electrons. The molecule has 0 bridgehead atoms. The zero-order valence-electron chi connectivity index (χ0n) is 9.89. The van der Waals surface area contributed by atoms with Crippen molar-refractivity contribution in [3.63, 3.8) is 0 Å². The normalized spacial score (nSPS) is 12.2. The first-order chi connectivity index (χ1) is 8.49. The third kappa shape index (κ3) is 3.48. The summed E-state index contributed by atoms with van der Waals surface area (Å²) in [5.74, 6) is -1.71. The Hall–Kier alpha value is -1.53. The minimum Gasteiger partial charge on any atom is -0.480 e. The molecule has 7 heteroatoms. The Balaban J connectivity index is 2.83. The summed E-state index contributed by atoms with van der Waals surface area (Å²) in [5, 5.41) is 20.4. The minimum atomic E-state index is -1.18. The molecule has 0 aromatic carbocycles. The number of aliphatic hydroxyl groups is 1. The maximum absolute atomic E-state index is 11.9. The van der Waals surface area contributed by atoms with E-state index in [1.165, 1.54) is 6.07 Å². The lowest BCUT2D eigenvalue weighted by atomic mass is 10.2. The highest BCUT2D eigenvalue weighted by Crippen LogP contribution is 2.14. The molecule has 1 rings (SSSR count). The number of amides is 1. The summed E-state index contributed by atoms with van der Waals surface area (Å²) < 4.78 is 1.62. The van der Waals surface area contributed by atoms with Gasteiger partial charge in [-0.1, -0.05) is 11.6 Å². The maximum Gasteiger partial charge on any atom is 0.326 e. The van der Waals surface area contributed by atoms with Crippen molar-refractivity contribution in [1.29, 1.82) is 0 Å². The SMILES string of the molecule is CCn1cc(Cl)cc1C(=O)N[C@H](CCO)C(=O)O. The number of carbonyl (C=O) groups is 2. The molecule has 0 aliphatic rings. The average Bonchev–Trinajstić information content (AvgIpc) is 2.69. The Morgan fingerprint density at radius 3 is 2.72 bits per heavy atom. The third-order valence-corrected chi connectivity index (χ3v) is 2.66. The second-order valence-corrected chi connectivity index (χ2v) is 4.14. The van der Waals surface area contributed by atoms with Crippen LogP contribution in [0, 0.1) is 0 Å². The summed E-state index contributed by atoms with van der Waals surface area (Å²) in [6, 6.07) is 0.361. The molecule has 0 fully saturated rings. The summed E-state index contributed by atoms with van der Waals surface area (Å²) in [6.07, 6.45) is 1.56. The number of aliphatic carboxylic acids is 1. The number of carboxylic acid groups (broad SMARTS) is 1. The first kappa shape index (κ1) is 14.5. The maximum atomic E-state index is 11.9. The average molecular weight is 275 g/mol. The van der Waals surface area contributed by atoms with E-state index in [1.54, 1.807) is 10.8 Å². The van der Waals surface area contributed by atoms with Crippen LogP contribution in [0.5, 0.6) is 0 Å². The molecule has 1 atom stereocenters. The number of halogens is 1. The van der Waals surface area contributed by atoms with Crippen LogP contribution in [0.3, 0.4) is 0 Å². The van der Waals surface area contributed by atoms with Gasteiger partial charge in [0.05, 0.1) is 5.02 Å². The highest BCUT2D eigenvalue weighted by atomic mass is 35.5. The molecule has 3 N–H and O–H groups in total. The monoisotopic (exact) mass is 274 g/mol. The highest BCUT2D eigenvalue weighted by molar-refractivity contribution is 6.31. The highest BCUT2D eigenvalue weighted by Gasteiger charge is 2.21. The van der Waals surface area contributed by atoms with Gasteiger partial charge >= 0.3 is 5.97 Å².